The topological polar surface area (TPSA) is 55.1 Å². The Morgan fingerprint density at radius 3 is 2.80 bits per heavy atom. The molecule has 0 unspecified atom stereocenters. The van der Waals surface area contributed by atoms with E-state index in [9.17, 15) is 4.79 Å². The van der Waals surface area contributed by atoms with Crippen molar-refractivity contribution in [1.82, 2.24) is 5.32 Å². The second kappa shape index (κ2) is 5.49. The molecule has 0 radical (unpaired) electrons. The molecule has 0 saturated heterocycles. The van der Waals surface area contributed by atoms with Crippen molar-refractivity contribution in [1.29, 1.82) is 0 Å². The summed E-state index contributed by atoms with van der Waals surface area (Å²) in [5, 5.41) is 2.85. The Morgan fingerprint density at radius 2 is 2.33 bits per heavy atom. The highest BCUT2D eigenvalue weighted by atomic mass is 35.5. The molecule has 0 aliphatic heterocycles. The van der Waals surface area contributed by atoms with E-state index in [1.165, 1.54) is 11.3 Å². The maximum absolute atomic E-state index is 11.5. The molecule has 3 N–H and O–H groups in total. The molecule has 1 aromatic rings. The summed E-state index contributed by atoms with van der Waals surface area (Å²) in [4.78, 5) is 12.5. The first-order valence-corrected chi connectivity index (χ1v) is 6.05. The first-order chi connectivity index (χ1) is 7.04. The third-order valence-corrected chi connectivity index (χ3v) is 3.57. The molecule has 0 spiro atoms. The predicted octanol–water partition coefficient (Wildman–Crippen LogP) is 2.32. The largest absolute Gasteiger partial charge is 0.347 e. The van der Waals surface area contributed by atoms with E-state index in [1.807, 2.05) is 26.0 Å². The Bertz CT molecular complexity index is 340. The van der Waals surface area contributed by atoms with E-state index >= 15 is 0 Å². The number of carbonyl (C=O) groups excluding carboxylic acids is 1. The molecule has 3 nitrogen and oxygen atoms in total. The number of nitrogens with one attached hydrogen (secondary N) is 1. The van der Waals surface area contributed by atoms with E-state index in [1.54, 1.807) is 0 Å². The van der Waals surface area contributed by atoms with Crippen molar-refractivity contribution in [2.75, 3.05) is 0 Å². The summed E-state index contributed by atoms with van der Waals surface area (Å²) in [6, 6.07) is 3.27. The Hall–Kier alpha value is -0.580. The van der Waals surface area contributed by atoms with E-state index in [0.29, 0.717) is 6.42 Å². The van der Waals surface area contributed by atoms with Gasteiger partial charge in [-0.1, -0.05) is 18.5 Å². The van der Waals surface area contributed by atoms with Crippen LogP contribution in [0.4, 0.5) is 0 Å². The number of thiophene rings is 1. The molecule has 0 aliphatic carbocycles. The normalized spacial score (nSPS) is 14.7. The number of rotatable bonds is 4. The van der Waals surface area contributed by atoms with Crippen LogP contribution in [0.1, 0.15) is 31.2 Å². The molecule has 1 heterocycles. The summed E-state index contributed by atoms with van der Waals surface area (Å²) < 4.78 is 0.728. The molecule has 2 atom stereocenters. The van der Waals surface area contributed by atoms with E-state index < -0.39 is 6.04 Å². The zero-order valence-electron chi connectivity index (χ0n) is 8.79. The predicted molar refractivity (Wildman–Crippen MR) is 64.2 cm³/mol. The lowest BCUT2D eigenvalue weighted by Crippen LogP contribution is -2.40. The lowest BCUT2D eigenvalue weighted by molar-refractivity contribution is -0.123. The van der Waals surface area contributed by atoms with Gasteiger partial charge in [-0.3, -0.25) is 4.79 Å². The highest BCUT2D eigenvalue weighted by Gasteiger charge is 2.15. The van der Waals surface area contributed by atoms with Gasteiger partial charge in [-0.2, -0.15) is 0 Å². The summed E-state index contributed by atoms with van der Waals surface area (Å²) in [6.07, 6.45) is 0.643. The van der Waals surface area contributed by atoms with Gasteiger partial charge in [0.25, 0.3) is 0 Å². The van der Waals surface area contributed by atoms with Crippen LogP contribution in [0.3, 0.4) is 0 Å². The molecule has 0 aliphatic rings. The number of amides is 1. The third kappa shape index (κ3) is 3.48. The zero-order chi connectivity index (χ0) is 11.4. The lowest BCUT2D eigenvalue weighted by atomic mass is 10.2. The van der Waals surface area contributed by atoms with Crippen LogP contribution in [0.5, 0.6) is 0 Å². The molecule has 1 rings (SSSR count). The fourth-order valence-corrected chi connectivity index (χ4v) is 2.20. The van der Waals surface area contributed by atoms with Gasteiger partial charge < -0.3 is 11.1 Å². The van der Waals surface area contributed by atoms with Crippen LogP contribution >= 0.6 is 22.9 Å². The van der Waals surface area contributed by atoms with Crippen LogP contribution in [-0.4, -0.2) is 11.9 Å². The van der Waals surface area contributed by atoms with Gasteiger partial charge in [0.15, 0.2) is 0 Å². The Balaban J connectivity index is 2.56. The van der Waals surface area contributed by atoms with Gasteiger partial charge >= 0.3 is 0 Å². The number of carbonyl (C=O) groups is 1. The number of hydrogen-bond acceptors (Lipinski definition) is 3. The van der Waals surface area contributed by atoms with Gasteiger partial charge in [-0.15, -0.1) is 11.3 Å². The second-order valence-corrected chi connectivity index (χ2v) is 5.13. The van der Waals surface area contributed by atoms with E-state index in [4.69, 9.17) is 17.3 Å². The monoisotopic (exact) mass is 246 g/mol. The van der Waals surface area contributed by atoms with Crippen LogP contribution in [0.25, 0.3) is 0 Å². The molecule has 0 fully saturated rings. The first kappa shape index (κ1) is 12.5. The van der Waals surface area contributed by atoms with Crippen molar-refractivity contribution >= 4 is 28.8 Å². The van der Waals surface area contributed by atoms with Crippen molar-refractivity contribution < 1.29 is 4.79 Å². The number of halogens is 1. The summed E-state index contributed by atoms with van der Waals surface area (Å²) in [7, 11) is 0. The van der Waals surface area contributed by atoms with Gasteiger partial charge in [0.05, 0.1) is 16.4 Å². The fraction of sp³-hybridized carbons (Fsp3) is 0.500. The first-order valence-electron chi connectivity index (χ1n) is 4.85. The molecular formula is C10H15ClN2OS. The van der Waals surface area contributed by atoms with Gasteiger partial charge in [0, 0.05) is 4.88 Å². The lowest BCUT2D eigenvalue weighted by Gasteiger charge is -2.15. The number of hydrogen-bond donors (Lipinski definition) is 2. The number of nitrogens with two attached hydrogens (primary N) is 1. The molecule has 0 bridgehead atoms. The van der Waals surface area contributed by atoms with Crippen LogP contribution < -0.4 is 11.1 Å². The third-order valence-electron chi connectivity index (χ3n) is 2.16. The van der Waals surface area contributed by atoms with E-state index in [-0.39, 0.29) is 11.9 Å². The molecule has 5 heteroatoms. The van der Waals surface area contributed by atoms with Crippen LogP contribution in [0.2, 0.25) is 4.34 Å². The van der Waals surface area contributed by atoms with Crippen LogP contribution in [0, 0.1) is 0 Å². The average molecular weight is 247 g/mol. The average Bonchev–Trinajstić information content (AvgIpc) is 2.63. The zero-order valence-corrected chi connectivity index (χ0v) is 10.4. The van der Waals surface area contributed by atoms with Crippen molar-refractivity contribution in [2.24, 2.45) is 5.73 Å². The minimum atomic E-state index is -0.428. The SMILES string of the molecule is CC[C@H](N)C(=O)N[C@H](C)c1ccc(Cl)s1. The Kier molecular flexibility index (Phi) is 4.57. The standard InChI is InChI=1S/C10H15ClN2OS/c1-3-7(12)10(14)13-6(2)8-4-5-9(11)15-8/h4-7H,3,12H2,1-2H3,(H,13,14)/t6-,7+/m1/s1. The van der Waals surface area contributed by atoms with Gasteiger partial charge in [-0.05, 0) is 25.5 Å². The quantitative estimate of drug-likeness (QED) is 0.857. The smallest absolute Gasteiger partial charge is 0.237 e. The summed E-state index contributed by atoms with van der Waals surface area (Å²) in [6.45, 7) is 3.80. The summed E-state index contributed by atoms with van der Waals surface area (Å²) in [5.41, 5.74) is 5.61. The fourth-order valence-electron chi connectivity index (χ4n) is 1.14. The molecule has 84 valence electrons. The van der Waals surface area contributed by atoms with E-state index in [2.05, 4.69) is 5.32 Å². The van der Waals surface area contributed by atoms with Crippen molar-refractivity contribution in [2.45, 2.75) is 32.4 Å². The van der Waals surface area contributed by atoms with E-state index in [0.717, 1.165) is 9.21 Å². The Labute approximate surface area is 98.6 Å². The van der Waals surface area contributed by atoms with Crippen molar-refractivity contribution in [3.63, 3.8) is 0 Å². The maximum atomic E-state index is 11.5. The molecular weight excluding hydrogens is 232 g/mol. The molecule has 1 aromatic heterocycles. The molecule has 1 amide bonds. The summed E-state index contributed by atoms with van der Waals surface area (Å²) in [5.74, 6) is -0.116. The summed E-state index contributed by atoms with van der Waals surface area (Å²) >= 11 is 7.28. The molecule has 0 aromatic carbocycles. The van der Waals surface area contributed by atoms with Gasteiger partial charge in [0.2, 0.25) is 5.91 Å². The van der Waals surface area contributed by atoms with Gasteiger partial charge in [-0.25, -0.2) is 0 Å². The highest BCUT2D eigenvalue weighted by molar-refractivity contribution is 7.16. The Morgan fingerprint density at radius 1 is 1.67 bits per heavy atom. The highest BCUT2D eigenvalue weighted by Crippen LogP contribution is 2.26. The van der Waals surface area contributed by atoms with Crippen LogP contribution in [0.15, 0.2) is 12.1 Å². The van der Waals surface area contributed by atoms with Gasteiger partial charge in [0.1, 0.15) is 0 Å². The molecule has 0 saturated carbocycles. The van der Waals surface area contributed by atoms with Crippen LogP contribution in [-0.2, 0) is 4.79 Å². The maximum Gasteiger partial charge on any atom is 0.237 e. The van der Waals surface area contributed by atoms with Crippen molar-refractivity contribution in [3.8, 4) is 0 Å². The minimum absolute atomic E-state index is 0.0346. The molecule has 15 heavy (non-hydrogen) atoms. The minimum Gasteiger partial charge on any atom is -0.347 e. The van der Waals surface area contributed by atoms with Crippen molar-refractivity contribution in [3.05, 3.63) is 21.3 Å². The second-order valence-electron chi connectivity index (χ2n) is 3.39.